The second-order valence-corrected chi connectivity index (χ2v) is 5.76. The van der Waals surface area contributed by atoms with Crippen LogP contribution in [0.5, 0.6) is 0 Å². The van der Waals surface area contributed by atoms with Crippen molar-refractivity contribution in [3.63, 3.8) is 0 Å². The van der Waals surface area contributed by atoms with Crippen LogP contribution in [-0.4, -0.2) is 35.5 Å². The molecule has 17 heavy (non-hydrogen) atoms. The minimum Gasteiger partial charge on any atom is -0.338 e. The first-order valence-electron chi connectivity index (χ1n) is 7.25. The van der Waals surface area contributed by atoms with E-state index in [1.54, 1.807) is 0 Å². The summed E-state index contributed by atoms with van der Waals surface area (Å²) in [5.74, 6) is 0.321. The number of hydrogen-bond acceptors (Lipinski definition) is 2. The lowest BCUT2D eigenvalue weighted by Gasteiger charge is -2.31. The molecule has 1 aliphatic carbocycles. The third-order valence-electron chi connectivity index (χ3n) is 4.26. The van der Waals surface area contributed by atoms with Crippen LogP contribution in [0.15, 0.2) is 0 Å². The second-order valence-electron chi connectivity index (χ2n) is 5.76. The third-order valence-corrected chi connectivity index (χ3v) is 4.26. The van der Waals surface area contributed by atoms with E-state index >= 15 is 0 Å². The molecule has 98 valence electrons. The van der Waals surface area contributed by atoms with Crippen molar-refractivity contribution in [2.45, 2.75) is 76.9 Å². The molecule has 1 amide bonds. The third kappa shape index (κ3) is 3.21. The molecule has 2 rings (SSSR count). The molecule has 2 unspecified atom stereocenters. The summed E-state index contributed by atoms with van der Waals surface area (Å²) >= 11 is 0. The maximum absolute atomic E-state index is 12.4. The average molecular weight is 238 g/mol. The summed E-state index contributed by atoms with van der Waals surface area (Å²) in [6.45, 7) is 5.14. The largest absolute Gasteiger partial charge is 0.338 e. The van der Waals surface area contributed by atoms with E-state index in [1.807, 2.05) is 6.92 Å². The van der Waals surface area contributed by atoms with Gasteiger partial charge < -0.3 is 10.2 Å². The van der Waals surface area contributed by atoms with E-state index in [4.69, 9.17) is 0 Å². The van der Waals surface area contributed by atoms with E-state index in [0.717, 1.165) is 13.0 Å². The van der Waals surface area contributed by atoms with Gasteiger partial charge in [0.2, 0.25) is 5.91 Å². The highest BCUT2D eigenvalue weighted by Crippen LogP contribution is 2.24. The zero-order valence-electron chi connectivity index (χ0n) is 11.2. The Kier molecular flexibility index (Phi) is 4.43. The lowest BCUT2D eigenvalue weighted by atomic mass is 10.1. The topological polar surface area (TPSA) is 32.3 Å². The molecule has 0 radical (unpaired) electrons. The molecule has 0 aromatic rings. The van der Waals surface area contributed by atoms with Gasteiger partial charge in [-0.15, -0.1) is 0 Å². The quantitative estimate of drug-likeness (QED) is 0.711. The molecule has 1 N–H and O–H groups in total. The van der Waals surface area contributed by atoms with Crippen molar-refractivity contribution in [1.29, 1.82) is 0 Å². The number of amides is 1. The molecule has 1 saturated heterocycles. The molecule has 2 fully saturated rings. The molecule has 3 heteroatoms. The van der Waals surface area contributed by atoms with Gasteiger partial charge in [-0.1, -0.05) is 25.7 Å². The summed E-state index contributed by atoms with van der Waals surface area (Å²) in [5, 5.41) is 3.38. The Morgan fingerprint density at radius 2 is 1.71 bits per heavy atom. The van der Waals surface area contributed by atoms with Crippen LogP contribution in [0.3, 0.4) is 0 Å². The highest BCUT2D eigenvalue weighted by atomic mass is 16.2. The smallest absolute Gasteiger partial charge is 0.239 e. The van der Waals surface area contributed by atoms with Crippen molar-refractivity contribution in [1.82, 2.24) is 10.2 Å². The zero-order valence-corrected chi connectivity index (χ0v) is 11.2. The summed E-state index contributed by atoms with van der Waals surface area (Å²) in [5.41, 5.74) is 0. The Bertz CT molecular complexity index is 259. The highest BCUT2D eigenvalue weighted by Gasteiger charge is 2.30. The van der Waals surface area contributed by atoms with Gasteiger partial charge in [0.1, 0.15) is 0 Å². The Labute approximate surface area is 105 Å². The second kappa shape index (κ2) is 5.85. The van der Waals surface area contributed by atoms with Crippen LogP contribution >= 0.6 is 0 Å². The van der Waals surface area contributed by atoms with Crippen LogP contribution in [0.2, 0.25) is 0 Å². The van der Waals surface area contributed by atoms with Crippen molar-refractivity contribution >= 4 is 5.91 Å². The number of nitrogens with one attached hydrogen (secondary N) is 1. The van der Waals surface area contributed by atoms with Crippen LogP contribution in [0.4, 0.5) is 0 Å². The molecule has 3 nitrogen and oxygen atoms in total. The fourth-order valence-corrected chi connectivity index (χ4v) is 3.21. The fourth-order valence-electron chi connectivity index (χ4n) is 3.21. The van der Waals surface area contributed by atoms with Gasteiger partial charge in [-0.3, -0.25) is 4.79 Å². The first-order valence-corrected chi connectivity index (χ1v) is 7.25. The standard InChI is InChI=1S/C14H26N2O/c1-11-9-10-16(14(17)12(2)15-11)13-7-5-3-4-6-8-13/h11-13,15H,3-10H2,1-2H3. The van der Waals surface area contributed by atoms with Crippen molar-refractivity contribution in [3.05, 3.63) is 0 Å². The Morgan fingerprint density at radius 3 is 2.35 bits per heavy atom. The van der Waals surface area contributed by atoms with Crippen LogP contribution in [0.1, 0.15) is 58.8 Å². The van der Waals surface area contributed by atoms with E-state index in [2.05, 4.69) is 17.1 Å². The van der Waals surface area contributed by atoms with Crippen LogP contribution in [0, 0.1) is 0 Å². The highest BCUT2D eigenvalue weighted by molar-refractivity contribution is 5.82. The maximum atomic E-state index is 12.4. The Morgan fingerprint density at radius 1 is 1.06 bits per heavy atom. The molecular weight excluding hydrogens is 212 g/mol. The van der Waals surface area contributed by atoms with Gasteiger partial charge in [0.15, 0.2) is 0 Å². The van der Waals surface area contributed by atoms with Crippen LogP contribution in [-0.2, 0) is 4.79 Å². The molecule has 2 aliphatic rings. The minimum absolute atomic E-state index is 0.00393. The number of hydrogen-bond donors (Lipinski definition) is 1. The molecule has 1 saturated carbocycles. The van der Waals surface area contributed by atoms with Gasteiger partial charge in [-0.05, 0) is 33.1 Å². The number of rotatable bonds is 1. The lowest BCUT2D eigenvalue weighted by Crippen LogP contribution is -2.47. The molecule has 0 spiro atoms. The summed E-state index contributed by atoms with van der Waals surface area (Å²) in [4.78, 5) is 14.5. The molecule has 0 aromatic carbocycles. The van der Waals surface area contributed by atoms with Gasteiger partial charge >= 0.3 is 0 Å². The summed E-state index contributed by atoms with van der Waals surface area (Å²) < 4.78 is 0. The van der Waals surface area contributed by atoms with E-state index in [9.17, 15) is 4.79 Å². The molecule has 0 bridgehead atoms. The van der Waals surface area contributed by atoms with Gasteiger partial charge in [-0.2, -0.15) is 0 Å². The SMILES string of the molecule is CC1CCN(C2CCCCCC2)C(=O)C(C)N1. The van der Waals surface area contributed by atoms with Crippen LogP contribution in [0.25, 0.3) is 0 Å². The minimum atomic E-state index is -0.00393. The lowest BCUT2D eigenvalue weighted by molar-refractivity contribution is -0.134. The predicted molar refractivity (Wildman–Crippen MR) is 69.9 cm³/mol. The number of carbonyl (C=O) groups is 1. The Balaban J connectivity index is 2.03. The number of nitrogens with zero attached hydrogens (tertiary/aromatic N) is 1. The number of carbonyl (C=O) groups excluding carboxylic acids is 1. The molecule has 2 atom stereocenters. The molecule has 0 aromatic heterocycles. The predicted octanol–water partition coefficient (Wildman–Crippen LogP) is 2.31. The van der Waals surface area contributed by atoms with Crippen molar-refractivity contribution in [3.8, 4) is 0 Å². The normalized spacial score (nSPS) is 33.3. The van der Waals surface area contributed by atoms with Crippen molar-refractivity contribution < 1.29 is 4.79 Å². The van der Waals surface area contributed by atoms with Crippen molar-refractivity contribution in [2.24, 2.45) is 0 Å². The summed E-state index contributed by atoms with van der Waals surface area (Å²) in [7, 11) is 0. The van der Waals surface area contributed by atoms with Gasteiger partial charge in [0, 0.05) is 18.6 Å². The van der Waals surface area contributed by atoms with Gasteiger partial charge in [0.25, 0.3) is 0 Å². The van der Waals surface area contributed by atoms with Crippen molar-refractivity contribution in [2.75, 3.05) is 6.54 Å². The van der Waals surface area contributed by atoms with Gasteiger partial charge in [-0.25, -0.2) is 0 Å². The van der Waals surface area contributed by atoms with E-state index in [1.165, 1.54) is 38.5 Å². The summed E-state index contributed by atoms with van der Waals surface area (Å²) in [6, 6.07) is 0.972. The molecule has 1 aliphatic heterocycles. The van der Waals surface area contributed by atoms with E-state index in [0.29, 0.717) is 18.0 Å². The van der Waals surface area contributed by atoms with E-state index in [-0.39, 0.29) is 6.04 Å². The van der Waals surface area contributed by atoms with Crippen LogP contribution < -0.4 is 5.32 Å². The Hall–Kier alpha value is -0.570. The zero-order chi connectivity index (χ0) is 12.3. The first-order chi connectivity index (χ1) is 8.18. The first kappa shape index (κ1) is 12.9. The molecule has 1 heterocycles. The monoisotopic (exact) mass is 238 g/mol. The fraction of sp³-hybridized carbons (Fsp3) is 0.929. The summed E-state index contributed by atoms with van der Waals surface area (Å²) in [6.07, 6.45) is 8.81. The maximum Gasteiger partial charge on any atom is 0.239 e. The van der Waals surface area contributed by atoms with E-state index < -0.39 is 0 Å². The molecular formula is C14H26N2O. The van der Waals surface area contributed by atoms with Gasteiger partial charge in [0.05, 0.1) is 6.04 Å². The average Bonchev–Trinajstić information content (AvgIpc) is 2.62.